The van der Waals surface area contributed by atoms with Crippen molar-refractivity contribution in [2.24, 2.45) is 0 Å². The fourth-order valence-electron chi connectivity index (χ4n) is 2.82. The molecule has 0 aliphatic carbocycles. The molecule has 1 aromatic rings. The number of carbonyl (C=O) groups excluding carboxylic acids is 2. The summed E-state index contributed by atoms with van der Waals surface area (Å²) < 4.78 is 24.9. The Balaban J connectivity index is 1.78. The van der Waals surface area contributed by atoms with Gasteiger partial charge in [0.05, 0.1) is 6.04 Å². The highest BCUT2D eigenvalue weighted by molar-refractivity contribution is 5.97. The lowest BCUT2D eigenvalue weighted by atomic mass is 10.1. The lowest BCUT2D eigenvalue weighted by Gasteiger charge is -2.40. The van der Waals surface area contributed by atoms with Crippen molar-refractivity contribution >= 4 is 12.0 Å². The number of hydrogen-bond acceptors (Lipinski definition) is 5. The highest BCUT2D eigenvalue weighted by Crippen LogP contribution is 2.28. The number of pyridine rings is 1. The van der Waals surface area contributed by atoms with Crippen molar-refractivity contribution in [2.75, 3.05) is 26.2 Å². The van der Waals surface area contributed by atoms with Crippen LogP contribution in [-0.4, -0.2) is 64.7 Å². The predicted molar refractivity (Wildman–Crippen MR) is 82.3 cm³/mol. The Hall–Kier alpha value is -2.38. The molecule has 8 heteroatoms. The summed E-state index contributed by atoms with van der Waals surface area (Å²) in [5.74, 6) is -1.11. The van der Waals surface area contributed by atoms with Crippen molar-refractivity contribution in [3.63, 3.8) is 0 Å². The van der Waals surface area contributed by atoms with E-state index in [9.17, 15) is 14.0 Å². The standard InChI is InChI=1S/C16H20FN3O4/c1-16(2,3)24-15(22)19-6-7-20-10(8-19)9-23-11-4-5-18-13(17)12(11)14(20)21/h4-5,10H,6-9H2,1-3H3. The molecule has 0 saturated carbocycles. The number of piperazine rings is 1. The molecule has 130 valence electrons. The Kier molecular flexibility index (Phi) is 4.06. The van der Waals surface area contributed by atoms with Crippen molar-refractivity contribution in [3.8, 4) is 5.75 Å². The van der Waals surface area contributed by atoms with E-state index in [4.69, 9.17) is 9.47 Å². The maximum Gasteiger partial charge on any atom is 0.410 e. The zero-order chi connectivity index (χ0) is 17.5. The van der Waals surface area contributed by atoms with Gasteiger partial charge < -0.3 is 19.3 Å². The van der Waals surface area contributed by atoms with Gasteiger partial charge in [0.1, 0.15) is 23.5 Å². The summed E-state index contributed by atoms with van der Waals surface area (Å²) in [5, 5.41) is 0. The first-order chi connectivity index (χ1) is 11.3. The Morgan fingerprint density at radius 3 is 2.88 bits per heavy atom. The molecular weight excluding hydrogens is 317 g/mol. The summed E-state index contributed by atoms with van der Waals surface area (Å²) in [6.45, 7) is 6.48. The predicted octanol–water partition coefficient (Wildman–Crippen LogP) is 1.67. The minimum Gasteiger partial charge on any atom is -0.490 e. The van der Waals surface area contributed by atoms with Gasteiger partial charge in [-0.2, -0.15) is 4.39 Å². The molecule has 2 aliphatic heterocycles. The molecule has 3 heterocycles. The second-order valence-electron chi connectivity index (χ2n) is 6.86. The van der Waals surface area contributed by atoms with Crippen LogP contribution in [0.15, 0.2) is 12.3 Å². The van der Waals surface area contributed by atoms with Crippen LogP contribution >= 0.6 is 0 Å². The van der Waals surface area contributed by atoms with Crippen LogP contribution in [-0.2, 0) is 4.74 Å². The molecule has 1 aromatic heterocycles. The normalized spacial score (nSPS) is 20.7. The highest BCUT2D eigenvalue weighted by Gasteiger charge is 2.39. The van der Waals surface area contributed by atoms with Crippen molar-refractivity contribution in [1.82, 2.24) is 14.8 Å². The molecule has 1 unspecified atom stereocenters. The van der Waals surface area contributed by atoms with Crippen LogP contribution in [0.5, 0.6) is 5.75 Å². The fraction of sp³-hybridized carbons (Fsp3) is 0.562. The quantitative estimate of drug-likeness (QED) is 0.674. The average Bonchev–Trinajstić information content (AvgIpc) is 2.63. The van der Waals surface area contributed by atoms with E-state index in [1.165, 1.54) is 17.2 Å². The molecule has 2 aliphatic rings. The van der Waals surface area contributed by atoms with Crippen molar-refractivity contribution in [1.29, 1.82) is 0 Å². The number of amides is 2. The van der Waals surface area contributed by atoms with Gasteiger partial charge in [-0.1, -0.05) is 0 Å². The van der Waals surface area contributed by atoms with Crippen LogP contribution in [0.3, 0.4) is 0 Å². The fourth-order valence-corrected chi connectivity index (χ4v) is 2.82. The zero-order valence-electron chi connectivity index (χ0n) is 13.9. The average molecular weight is 337 g/mol. The van der Waals surface area contributed by atoms with Gasteiger partial charge in [-0.3, -0.25) is 4.79 Å². The van der Waals surface area contributed by atoms with E-state index in [0.29, 0.717) is 13.1 Å². The van der Waals surface area contributed by atoms with E-state index in [1.807, 2.05) is 0 Å². The molecule has 7 nitrogen and oxygen atoms in total. The Morgan fingerprint density at radius 1 is 1.42 bits per heavy atom. The third-order valence-electron chi connectivity index (χ3n) is 3.91. The Morgan fingerprint density at radius 2 is 2.17 bits per heavy atom. The van der Waals surface area contributed by atoms with Crippen LogP contribution < -0.4 is 4.74 Å². The smallest absolute Gasteiger partial charge is 0.410 e. The lowest BCUT2D eigenvalue weighted by molar-refractivity contribution is 0.000891. The van der Waals surface area contributed by atoms with E-state index in [2.05, 4.69) is 4.98 Å². The first-order valence-electron chi connectivity index (χ1n) is 7.82. The highest BCUT2D eigenvalue weighted by atomic mass is 19.1. The van der Waals surface area contributed by atoms with Gasteiger partial charge in [-0.05, 0) is 26.8 Å². The summed E-state index contributed by atoms with van der Waals surface area (Å²) in [5.41, 5.74) is -0.736. The zero-order valence-corrected chi connectivity index (χ0v) is 13.9. The number of fused-ring (bicyclic) bond motifs is 2. The molecule has 2 amide bonds. The van der Waals surface area contributed by atoms with Crippen molar-refractivity contribution in [3.05, 3.63) is 23.8 Å². The molecule has 0 aromatic carbocycles. The van der Waals surface area contributed by atoms with Gasteiger partial charge >= 0.3 is 6.09 Å². The maximum atomic E-state index is 13.9. The van der Waals surface area contributed by atoms with Crippen LogP contribution in [0.4, 0.5) is 9.18 Å². The summed E-state index contributed by atoms with van der Waals surface area (Å²) >= 11 is 0. The molecular formula is C16H20FN3O4. The molecule has 1 fully saturated rings. The Labute approximate surface area is 139 Å². The van der Waals surface area contributed by atoms with Crippen molar-refractivity contribution in [2.45, 2.75) is 32.4 Å². The van der Waals surface area contributed by atoms with E-state index >= 15 is 0 Å². The Bertz CT molecular complexity index is 674. The van der Waals surface area contributed by atoms with Crippen LogP contribution in [0.25, 0.3) is 0 Å². The van der Waals surface area contributed by atoms with E-state index in [-0.39, 0.29) is 30.5 Å². The van der Waals surface area contributed by atoms with Gasteiger partial charge in [-0.25, -0.2) is 9.78 Å². The number of aromatic nitrogens is 1. The second-order valence-corrected chi connectivity index (χ2v) is 6.86. The molecule has 3 rings (SSSR count). The second kappa shape index (κ2) is 5.92. The summed E-state index contributed by atoms with van der Waals surface area (Å²) in [6.07, 6.45) is 0.836. The SMILES string of the molecule is CC(C)(C)OC(=O)N1CCN2C(=O)c3c(ccnc3F)OCC2C1. The van der Waals surface area contributed by atoms with E-state index < -0.39 is 23.5 Å². The van der Waals surface area contributed by atoms with Crippen LogP contribution in [0, 0.1) is 5.95 Å². The monoisotopic (exact) mass is 337 g/mol. The minimum absolute atomic E-state index is 0.147. The van der Waals surface area contributed by atoms with Gasteiger partial charge in [0, 0.05) is 25.8 Å². The summed E-state index contributed by atoms with van der Waals surface area (Å²) in [7, 11) is 0. The van der Waals surface area contributed by atoms with Gasteiger partial charge in [0.25, 0.3) is 5.91 Å². The van der Waals surface area contributed by atoms with Crippen LogP contribution in [0.2, 0.25) is 0 Å². The van der Waals surface area contributed by atoms with E-state index in [0.717, 1.165) is 0 Å². The molecule has 24 heavy (non-hydrogen) atoms. The summed E-state index contributed by atoms with van der Waals surface area (Å²) in [4.78, 5) is 31.5. The third-order valence-corrected chi connectivity index (χ3v) is 3.91. The minimum atomic E-state index is -0.840. The first-order valence-corrected chi connectivity index (χ1v) is 7.82. The number of ether oxygens (including phenoxy) is 2. The van der Waals surface area contributed by atoms with Gasteiger partial charge in [0.2, 0.25) is 5.95 Å². The molecule has 1 atom stereocenters. The van der Waals surface area contributed by atoms with Crippen LogP contribution in [0.1, 0.15) is 31.1 Å². The third kappa shape index (κ3) is 3.13. The molecule has 0 N–H and O–H groups in total. The molecule has 1 saturated heterocycles. The molecule has 0 bridgehead atoms. The van der Waals surface area contributed by atoms with Gasteiger partial charge in [-0.15, -0.1) is 0 Å². The molecule has 0 radical (unpaired) electrons. The topological polar surface area (TPSA) is 72.0 Å². The largest absolute Gasteiger partial charge is 0.490 e. The van der Waals surface area contributed by atoms with E-state index in [1.54, 1.807) is 25.7 Å². The maximum absolute atomic E-state index is 13.9. The lowest BCUT2D eigenvalue weighted by Crippen LogP contribution is -2.58. The van der Waals surface area contributed by atoms with Gasteiger partial charge in [0.15, 0.2) is 0 Å². The molecule has 0 spiro atoms. The summed E-state index contributed by atoms with van der Waals surface area (Å²) in [6, 6.07) is 1.12. The van der Waals surface area contributed by atoms with Crippen molar-refractivity contribution < 1.29 is 23.5 Å². The first kappa shape index (κ1) is 16.5. The number of halogens is 1. The number of carbonyl (C=O) groups is 2. The number of hydrogen-bond donors (Lipinski definition) is 0. The number of rotatable bonds is 0. The number of nitrogens with zero attached hydrogens (tertiary/aromatic N) is 3.